The molecule has 0 spiro atoms. The van der Waals surface area contributed by atoms with Gasteiger partial charge in [-0.15, -0.1) is 0 Å². The van der Waals surface area contributed by atoms with Crippen LogP contribution in [0, 0.1) is 0 Å². The Kier molecular flexibility index (Phi) is 8.20. The fourth-order valence-electron chi connectivity index (χ4n) is 4.59. The molecule has 1 aliphatic heterocycles. The summed E-state index contributed by atoms with van der Waals surface area (Å²) >= 11 is 0. The maximum atomic E-state index is 13.4. The highest BCUT2D eigenvalue weighted by Crippen LogP contribution is 2.27. The van der Waals surface area contributed by atoms with Crippen LogP contribution in [0.15, 0.2) is 114 Å². The number of nitrogens with zero attached hydrogens (tertiary/aromatic N) is 2. The first kappa shape index (κ1) is 27.3. The Balaban J connectivity index is 1.27. The van der Waals surface area contributed by atoms with Crippen molar-refractivity contribution in [3.8, 4) is 11.5 Å². The molecule has 0 aromatic heterocycles. The van der Waals surface area contributed by atoms with Crippen molar-refractivity contribution >= 4 is 29.1 Å². The summed E-state index contributed by atoms with van der Waals surface area (Å²) in [7, 11) is 1.66. The third-order valence-corrected chi connectivity index (χ3v) is 6.68. The molecule has 0 unspecified atom stereocenters. The van der Waals surface area contributed by atoms with Gasteiger partial charge in [0.1, 0.15) is 17.5 Å². The van der Waals surface area contributed by atoms with Crippen molar-refractivity contribution in [2.45, 2.75) is 25.6 Å². The molecule has 3 amide bonds. The van der Waals surface area contributed by atoms with E-state index in [4.69, 9.17) is 9.73 Å². The van der Waals surface area contributed by atoms with Crippen LogP contribution >= 0.6 is 0 Å². The number of para-hydroxylation sites is 2. The number of hydrogen-bond donors (Lipinski definition) is 2. The van der Waals surface area contributed by atoms with Crippen LogP contribution in [0.1, 0.15) is 23.6 Å². The van der Waals surface area contributed by atoms with Gasteiger partial charge in [0, 0.05) is 18.2 Å². The molecule has 0 saturated carbocycles. The van der Waals surface area contributed by atoms with Gasteiger partial charge < -0.3 is 20.3 Å². The van der Waals surface area contributed by atoms with Gasteiger partial charge in [0.25, 0.3) is 5.91 Å². The molecule has 206 valence electrons. The number of ether oxygens (including phenoxy) is 1. The summed E-state index contributed by atoms with van der Waals surface area (Å²) in [5.74, 6) is 0.0595. The van der Waals surface area contributed by atoms with Gasteiger partial charge in [-0.3, -0.25) is 14.4 Å². The van der Waals surface area contributed by atoms with Gasteiger partial charge in [-0.05, 0) is 42.8 Å². The van der Waals surface area contributed by atoms with Crippen LogP contribution in [0.5, 0.6) is 11.5 Å². The third kappa shape index (κ3) is 6.50. The largest absolute Gasteiger partial charge is 0.457 e. The van der Waals surface area contributed by atoms with Gasteiger partial charge in [-0.1, -0.05) is 78.9 Å². The van der Waals surface area contributed by atoms with E-state index in [2.05, 4.69) is 10.6 Å². The minimum absolute atomic E-state index is 0.0559. The number of hydrogen-bond acceptors (Lipinski definition) is 5. The number of benzene rings is 4. The summed E-state index contributed by atoms with van der Waals surface area (Å²) in [6.45, 7) is 1.57. The van der Waals surface area contributed by atoms with Gasteiger partial charge in [0.05, 0.1) is 17.8 Å². The van der Waals surface area contributed by atoms with Gasteiger partial charge in [-0.2, -0.15) is 0 Å². The zero-order valence-electron chi connectivity index (χ0n) is 22.8. The molecule has 4 aromatic rings. The highest BCUT2D eigenvalue weighted by molar-refractivity contribution is 6.20. The highest BCUT2D eigenvalue weighted by atomic mass is 16.5. The number of amides is 3. The number of benzodiazepines with no additional fused rings is 1. The van der Waals surface area contributed by atoms with E-state index in [9.17, 15) is 14.4 Å². The summed E-state index contributed by atoms with van der Waals surface area (Å²) in [6, 6.07) is 32.7. The first-order valence-electron chi connectivity index (χ1n) is 13.3. The molecular weight excluding hydrogens is 516 g/mol. The van der Waals surface area contributed by atoms with Crippen LogP contribution in [0.3, 0.4) is 0 Å². The van der Waals surface area contributed by atoms with Crippen molar-refractivity contribution in [3.05, 3.63) is 126 Å². The Morgan fingerprint density at radius 2 is 1.54 bits per heavy atom. The number of likely N-dealkylation sites (N-methyl/N-ethyl adjacent to an activating group) is 1. The summed E-state index contributed by atoms with van der Waals surface area (Å²) in [4.78, 5) is 45.5. The van der Waals surface area contributed by atoms with Crippen LogP contribution in [0.4, 0.5) is 5.69 Å². The molecule has 0 aliphatic carbocycles. The van der Waals surface area contributed by atoms with Gasteiger partial charge in [0.15, 0.2) is 0 Å². The lowest BCUT2D eigenvalue weighted by atomic mass is 10.0. The van der Waals surface area contributed by atoms with Crippen molar-refractivity contribution in [2.75, 3.05) is 11.9 Å². The highest BCUT2D eigenvalue weighted by Gasteiger charge is 2.32. The van der Waals surface area contributed by atoms with Crippen molar-refractivity contribution in [1.82, 2.24) is 10.6 Å². The van der Waals surface area contributed by atoms with E-state index < -0.39 is 18.1 Å². The molecule has 41 heavy (non-hydrogen) atoms. The molecule has 8 nitrogen and oxygen atoms in total. The average molecular weight is 547 g/mol. The zero-order chi connectivity index (χ0) is 28.8. The summed E-state index contributed by atoms with van der Waals surface area (Å²) < 4.78 is 5.85. The van der Waals surface area contributed by atoms with E-state index in [0.29, 0.717) is 22.9 Å². The molecule has 4 aromatic carbocycles. The van der Waals surface area contributed by atoms with Gasteiger partial charge in [-0.25, -0.2) is 4.99 Å². The number of anilines is 1. The SMILES string of the molecule is C[C@H](NC(=O)Cc1cccc(Oc2ccccc2)c1)C(=O)N[C@H]1N=C(c2ccccc2)c2ccccc2N(C)C1=O. The smallest absolute Gasteiger partial charge is 0.272 e. The van der Waals surface area contributed by atoms with Crippen LogP contribution in [0.25, 0.3) is 0 Å². The molecule has 2 atom stereocenters. The number of rotatable bonds is 8. The van der Waals surface area contributed by atoms with Crippen LogP contribution in [-0.2, 0) is 20.8 Å². The Morgan fingerprint density at radius 3 is 2.29 bits per heavy atom. The molecule has 0 bridgehead atoms. The fraction of sp³-hybridized carbons (Fsp3) is 0.152. The predicted octanol–water partition coefficient (Wildman–Crippen LogP) is 4.48. The minimum Gasteiger partial charge on any atom is -0.457 e. The number of carbonyl (C=O) groups excluding carboxylic acids is 3. The minimum atomic E-state index is -1.17. The van der Waals surface area contributed by atoms with Gasteiger partial charge in [0.2, 0.25) is 18.0 Å². The molecular formula is C33H30N4O4. The van der Waals surface area contributed by atoms with Crippen molar-refractivity contribution in [3.63, 3.8) is 0 Å². The first-order valence-corrected chi connectivity index (χ1v) is 13.3. The molecule has 0 radical (unpaired) electrons. The maximum absolute atomic E-state index is 13.4. The van der Waals surface area contributed by atoms with E-state index in [1.807, 2.05) is 103 Å². The number of carbonyl (C=O) groups is 3. The summed E-state index contributed by atoms with van der Waals surface area (Å²) in [5, 5.41) is 5.45. The average Bonchev–Trinajstić information content (AvgIpc) is 3.09. The first-order chi connectivity index (χ1) is 19.9. The second-order valence-electron chi connectivity index (χ2n) is 9.70. The topological polar surface area (TPSA) is 100 Å². The second-order valence-corrected chi connectivity index (χ2v) is 9.70. The van der Waals surface area contributed by atoms with Crippen molar-refractivity contribution < 1.29 is 19.1 Å². The third-order valence-electron chi connectivity index (χ3n) is 6.68. The lowest BCUT2D eigenvalue weighted by Gasteiger charge is -2.22. The Labute approximate surface area is 238 Å². The molecule has 0 saturated heterocycles. The Morgan fingerprint density at radius 1 is 0.878 bits per heavy atom. The van der Waals surface area contributed by atoms with E-state index in [1.165, 1.54) is 4.90 Å². The van der Waals surface area contributed by atoms with E-state index in [0.717, 1.165) is 16.7 Å². The molecule has 8 heteroatoms. The number of aliphatic imine (C=N–C) groups is 1. The van der Waals surface area contributed by atoms with E-state index in [1.54, 1.807) is 20.0 Å². The summed E-state index contributed by atoms with van der Waals surface area (Å²) in [5.41, 5.74) is 3.63. The van der Waals surface area contributed by atoms with Gasteiger partial charge >= 0.3 is 0 Å². The number of nitrogens with one attached hydrogen (secondary N) is 2. The molecule has 2 N–H and O–H groups in total. The normalized spacial score (nSPS) is 15.2. The quantitative estimate of drug-likeness (QED) is 0.340. The van der Waals surface area contributed by atoms with Crippen LogP contribution in [-0.4, -0.2) is 42.7 Å². The standard InChI is InChI=1S/C33H30N4O4/c1-22(34-29(38)21-23-12-11-17-26(20-23)41-25-15-7-4-8-16-25)32(39)36-31-33(40)37(2)28-19-10-9-18-27(28)30(35-31)24-13-5-3-6-14-24/h3-20,22,31H,21H2,1-2H3,(H,34,38)(H,36,39)/t22-,31+/m0/s1. The monoisotopic (exact) mass is 546 g/mol. The van der Waals surface area contributed by atoms with E-state index >= 15 is 0 Å². The summed E-state index contributed by atoms with van der Waals surface area (Å²) in [6.07, 6.45) is -1.11. The fourth-order valence-corrected chi connectivity index (χ4v) is 4.59. The van der Waals surface area contributed by atoms with E-state index in [-0.39, 0.29) is 18.2 Å². The van der Waals surface area contributed by atoms with Crippen LogP contribution < -0.4 is 20.3 Å². The van der Waals surface area contributed by atoms with Crippen molar-refractivity contribution in [2.24, 2.45) is 4.99 Å². The lowest BCUT2D eigenvalue weighted by Crippen LogP contribution is -2.52. The van der Waals surface area contributed by atoms with Crippen molar-refractivity contribution in [1.29, 1.82) is 0 Å². The zero-order valence-corrected chi connectivity index (χ0v) is 22.8. The van der Waals surface area contributed by atoms with Crippen LogP contribution in [0.2, 0.25) is 0 Å². The molecule has 1 heterocycles. The Bertz CT molecular complexity index is 1590. The second kappa shape index (κ2) is 12.3. The molecule has 5 rings (SSSR count). The maximum Gasteiger partial charge on any atom is 0.272 e. The lowest BCUT2D eigenvalue weighted by molar-refractivity contribution is -0.130. The Hall–Kier alpha value is -5.24. The molecule has 1 aliphatic rings. The predicted molar refractivity (Wildman–Crippen MR) is 158 cm³/mol. The molecule has 0 fully saturated rings. The number of fused-ring (bicyclic) bond motifs is 1.